The van der Waals surface area contributed by atoms with E-state index in [0.29, 0.717) is 52.9 Å². The molecule has 3 N–H and O–H groups in total. The van der Waals surface area contributed by atoms with Gasteiger partial charge in [-0.25, -0.2) is 4.79 Å². The van der Waals surface area contributed by atoms with Crippen LogP contribution in [0.1, 0.15) is 6.92 Å². The Labute approximate surface area is 194 Å². The van der Waals surface area contributed by atoms with E-state index >= 15 is 0 Å². The zero-order chi connectivity index (χ0) is 23.6. The van der Waals surface area contributed by atoms with Gasteiger partial charge >= 0.3 is 6.03 Å². The Balaban J connectivity index is 1.45. The maximum Gasteiger partial charge on any atom is 0.334 e. The quantitative estimate of drug-likeness (QED) is 0.296. The van der Waals surface area contributed by atoms with E-state index in [1.54, 1.807) is 49.6 Å². The van der Waals surface area contributed by atoms with Crippen molar-refractivity contribution in [1.29, 1.82) is 0 Å². The lowest BCUT2D eigenvalue weighted by atomic mass is 10.2. The molecular formula is C20H23N7O5S. The predicted octanol–water partition coefficient (Wildman–Crippen LogP) is 2.26. The van der Waals surface area contributed by atoms with E-state index < -0.39 is 6.03 Å². The summed E-state index contributed by atoms with van der Waals surface area (Å²) < 4.78 is 15.8. The van der Waals surface area contributed by atoms with Crippen LogP contribution in [0, 0.1) is 0 Å². The molecule has 1 heterocycles. The largest absolute Gasteiger partial charge is 0.494 e. The number of ether oxygens (including phenoxy) is 3. The van der Waals surface area contributed by atoms with Crippen molar-refractivity contribution < 1.29 is 23.8 Å². The van der Waals surface area contributed by atoms with Gasteiger partial charge in [0, 0.05) is 23.2 Å². The van der Waals surface area contributed by atoms with Crippen molar-refractivity contribution >= 4 is 28.8 Å². The van der Waals surface area contributed by atoms with Crippen molar-refractivity contribution in [3.05, 3.63) is 42.5 Å². The maximum absolute atomic E-state index is 12.1. The Kier molecular flexibility index (Phi) is 8.43. The molecular weight excluding hydrogens is 450 g/mol. The molecule has 3 aromatic rings. The summed E-state index contributed by atoms with van der Waals surface area (Å²) in [6, 6.07) is 11.6. The van der Waals surface area contributed by atoms with Gasteiger partial charge in [-0.3, -0.25) is 10.2 Å². The molecule has 0 aliphatic rings. The molecule has 0 bridgehead atoms. The second-order valence-electron chi connectivity index (χ2n) is 6.33. The van der Waals surface area contributed by atoms with Crippen LogP contribution in [0.4, 0.5) is 10.5 Å². The second kappa shape index (κ2) is 11.7. The van der Waals surface area contributed by atoms with Gasteiger partial charge in [-0.05, 0) is 54.6 Å². The molecule has 2 amide bonds. The molecule has 0 fully saturated rings. The zero-order valence-corrected chi connectivity index (χ0v) is 19.0. The minimum absolute atomic E-state index is 0.153. The monoisotopic (exact) mass is 473 g/mol. The van der Waals surface area contributed by atoms with E-state index in [2.05, 4.69) is 31.0 Å². The number of hydrazine groups is 1. The van der Waals surface area contributed by atoms with Crippen molar-refractivity contribution in [3.63, 3.8) is 0 Å². The smallest absolute Gasteiger partial charge is 0.334 e. The molecule has 0 atom stereocenters. The van der Waals surface area contributed by atoms with Crippen LogP contribution in [-0.4, -0.2) is 52.2 Å². The van der Waals surface area contributed by atoms with Gasteiger partial charge in [0.15, 0.2) is 11.5 Å². The highest BCUT2D eigenvalue weighted by Crippen LogP contribution is 2.30. The van der Waals surface area contributed by atoms with E-state index in [1.807, 2.05) is 6.92 Å². The molecule has 0 spiro atoms. The van der Waals surface area contributed by atoms with Crippen LogP contribution >= 0.6 is 11.9 Å². The number of urea groups is 1. The van der Waals surface area contributed by atoms with E-state index in [-0.39, 0.29) is 11.7 Å². The minimum Gasteiger partial charge on any atom is -0.494 e. The number of methoxy groups -OCH3 is 2. The minimum atomic E-state index is -0.533. The summed E-state index contributed by atoms with van der Waals surface area (Å²) >= 11 is 0.689. The van der Waals surface area contributed by atoms with Crippen LogP contribution in [-0.2, 0) is 11.3 Å². The fraction of sp³-hybridized carbons (Fsp3) is 0.250. The SMILES string of the molecule is CCOc1ccc(NC(=O)NNSC(=O)Cn2nnc(-c3ccc(OC)c(OC)c3)n2)cc1. The summed E-state index contributed by atoms with van der Waals surface area (Å²) in [5.41, 5.74) is 3.59. The Morgan fingerprint density at radius 3 is 2.52 bits per heavy atom. The molecule has 0 unspecified atom stereocenters. The number of hydrogen-bond donors (Lipinski definition) is 3. The van der Waals surface area contributed by atoms with Crippen LogP contribution < -0.4 is 29.8 Å². The van der Waals surface area contributed by atoms with Gasteiger partial charge < -0.3 is 19.5 Å². The molecule has 12 nitrogen and oxygen atoms in total. The fourth-order valence-electron chi connectivity index (χ4n) is 2.64. The van der Waals surface area contributed by atoms with Crippen molar-refractivity contribution in [2.75, 3.05) is 26.1 Å². The van der Waals surface area contributed by atoms with Crippen LogP contribution in [0.2, 0.25) is 0 Å². The Morgan fingerprint density at radius 1 is 1.06 bits per heavy atom. The lowest BCUT2D eigenvalue weighted by Crippen LogP contribution is -2.37. The van der Waals surface area contributed by atoms with Crippen LogP contribution in [0.25, 0.3) is 11.4 Å². The van der Waals surface area contributed by atoms with Gasteiger partial charge in [0.1, 0.15) is 12.3 Å². The van der Waals surface area contributed by atoms with Gasteiger partial charge in [0.05, 0.1) is 20.8 Å². The highest BCUT2D eigenvalue weighted by Gasteiger charge is 2.13. The first-order valence-electron chi connectivity index (χ1n) is 9.77. The summed E-state index contributed by atoms with van der Waals surface area (Å²) in [4.78, 5) is 27.7. The lowest BCUT2D eigenvalue weighted by Gasteiger charge is -2.08. The number of rotatable bonds is 10. The van der Waals surface area contributed by atoms with E-state index in [9.17, 15) is 9.59 Å². The van der Waals surface area contributed by atoms with Crippen LogP contribution in [0.5, 0.6) is 17.2 Å². The van der Waals surface area contributed by atoms with E-state index in [0.717, 1.165) is 4.80 Å². The third-order valence-corrected chi connectivity index (χ3v) is 4.68. The molecule has 0 saturated heterocycles. The van der Waals surface area contributed by atoms with Crippen LogP contribution in [0.15, 0.2) is 42.5 Å². The molecule has 0 saturated carbocycles. The van der Waals surface area contributed by atoms with Crippen molar-refractivity contribution in [3.8, 4) is 28.6 Å². The number of hydrogen-bond acceptors (Lipinski definition) is 10. The number of carbonyl (C=O) groups excluding carboxylic acids is 2. The van der Waals surface area contributed by atoms with Crippen molar-refractivity contribution in [1.82, 2.24) is 30.5 Å². The molecule has 0 aliphatic heterocycles. The number of aromatic nitrogens is 4. The number of carbonyl (C=O) groups is 2. The Morgan fingerprint density at radius 2 is 1.82 bits per heavy atom. The number of anilines is 1. The first kappa shape index (κ1) is 23.8. The lowest BCUT2D eigenvalue weighted by molar-refractivity contribution is -0.111. The molecule has 0 aliphatic carbocycles. The second-order valence-corrected chi connectivity index (χ2v) is 7.19. The molecule has 1 aromatic heterocycles. The van der Waals surface area contributed by atoms with Gasteiger partial charge in [-0.1, -0.05) is 0 Å². The standard InChI is InChI=1S/C20H23N7O5S/c1-4-32-15-8-6-14(7-9-15)21-20(29)23-26-33-18(28)12-27-24-19(22-25-27)13-5-10-16(30-2)17(11-13)31-3/h5-11,26H,4,12H2,1-3H3,(H2,21,23,29). The number of nitrogens with one attached hydrogen (secondary N) is 3. The fourth-order valence-corrected chi connectivity index (χ4v) is 3.08. The molecule has 0 radical (unpaired) electrons. The van der Waals surface area contributed by atoms with Crippen LogP contribution in [0.3, 0.4) is 0 Å². The summed E-state index contributed by atoms with van der Waals surface area (Å²) in [7, 11) is 3.07. The molecule has 13 heteroatoms. The topological polar surface area (TPSA) is 142 Å². The third-order valence-electron chi connectivity index (χ3n) is 4.12. The summed E-state index contributed by atoms with van der Waals surface area (Å²) in [6.07, 6.45) is 0. The van der Waals surface area contributed by atoms with Gasteiger partial charge in [0.2, 0.25) is 10.9 Å². The van der Waals surface area contributed by atoms with Gasteiger partial charge in [-0.15, -0.1) is 10.2 Å². The maximum atomic E-state index is 12.1. The van der Waals surface area contributed by atoms with Gasteiger partial charge in [-0.2, -0.15) is 9.63 Å². The van der Waals surface area contributed by atoms with E-state index in [1.165, 1.54) is 7.11 Å². The molecule has 174 valence electrons. The number of benzene rings is 2. The first-order chi connectivity index (χ1) is 16.0. The first-order valence-corrected chi connectivity index (χ1v) is 10.6. The summed E-state index contributed by atoms with van der Waals surface area (Å²) in [6.45, 7) is 2.30. The zero-order valence-electron chi connectivity index (χ0n) is 18.2. The van der Waals surface area contributed by atoms with E-state index in [4.69, 9.17) is 14.2 Å². The average Bonchev–Trinajstić information content (AvgIpc) is 3.28. The normalized spacial score (nSPS) is 10.4. The third kappa shape index (κ3) is 6.82. The van der Waals surface area contributed by atoms with Crippen molar-refractivity contribution in [2.24, 2.45) is 0 Å². The average molecular weight is 474 g/mol. The highest BCUT2D eigenvalue weighted by molar-refractivity contribution is 8.11. The summed E-state index contributed by atoms with van der Waals surface area (Å²) in [5, 5.41) is 14.3. The predicted molar refractivity (Wildman–Crippen MR) is 122 cm³/mol. The van der Waals surface area contributed by atoms with Gasteiger partial charge in [0.25, 0.3) is 0 Å². The number of tetrazole rings is 1. The molecule has 2 aromatic carbocycles. The van der Waals surface area contributed by atoms with Crippen molar-refractivity contribution in [2.45, 2.75) is 13.5 Å². The summed E-state index contributed by atoms with van der Waals surface area (Å²) in [5.74, 6) is 2.13. The number of amides is 2. The molecule has 3 rings (SSSR count). The Bertz CT molecular complexity index is 1090. The highest BCUT2D eigenvalue weighted by atomic mass is 32.2. The number of nitrogens with zero attached hydrogens (tertiary/aromatic N) is 4. The molecule has 33 heavy (non-hydrogen) atoms. The Hall–Kier alpha value is -3.84.